The van der Waals surface area contributed by atoms with Crippen molar-refractivity contribution in [2.24, 2.45) is 0 Å². The number of nitrogens with one attached hydrogen (secondary N) is 1. The topological polar surface area (TPSA) is 15.8 Å². The molecule has 2 aliphatic carbocycles. The fraction of sp³-hybridized carbons (Fsp3) is 0.231. The number of fused-ring (bicyclic) bond motifs is 3. The van der Waals surface area contributed by atoms with E-state index < -0.39 is 0 Å². The molecule has 134 valence electrons. The molecule has 0 bridgehead atoms. The van der Waals surface area contributed by atoms with Crippen LogP contribution in [0.3, 0.4) is 0 Å². The van der Waals surface area contributed by atoms with Gasteiger partial charge < -0.3 is 4.98 Å². The van der Waals surface area contributed by atoms with Crippen LogP contribution in [0.4, 0.5) is 0 Å². The lowest BCUT2D eigenvalue weighted by atomic mass is 9.75. The summed E-state index contributed by atoms with van der Waals surface area (Å²) >= 11 is 0. The Bertz CT molecular complexity index is 1060. The molecule has 3 aromatic rings. The minimum absolute atomic E-state index is 0.0769. The maximum absolute atomic E-state index is 3.50. The fourth-order valence-corrected chi connectivity index (χ4v) is 4.68. The van der Waals surface area contributed by atoms with Crippen LogP contribution in [0.15, 0.2) is 73.0 Å². The Balaban J connectivity index is 1.90. The molecule has 0 atom stereocenters. The number of H-pyrrole nitrogens is 1. The average molecular weight is 351 g/mol. The summed E-state index contributed by atoms with van der Waals surface area (Å²) < 4.78 is 0. The van der Waals surface area contributed by atoms with E-state index in [9.17, 15) is 0 Å². The van der Waals surface area contributed by atoms with E-state index in [2.05, 4.69) is 92.5 Å². The summed E-state index contributed by atoms with van der Waals surface area (Å²) in [6.45, 7) is 7.00. The number of hydrogen-bond acceptors (Lipinski definition) is 0. The van der Waals surface area contributed by atoms with Crippen LogP contribution in [0, 0.1) is 0 Å². The van der Waals surface area contributed by atoms with Gasteiger partial charge in [-0.25, -0.2) is 0 Å². The van der Waals surface area contributed by atoms with Gasteiger partial charge in [-0.15, -0.1) is 0 Å². The second-order valence-corrected chi connectivity index (χ2v) is 8.70. The van der Waals surface area contributed by atoms with Crippen molar-refractivity contribution in [3.63, 3.8) is 0 Å². The van der Waals surface area contributed by atoms with E-state index in [1.54, 1.807) is 0 Å². The van der Waals surface area contributed by atoms with Crippen LogP contribution >= 0.6 is 0 Å². The van der Waals surface area contributed by atoms with Gasteiger partial charge >= 0.3 is 0 Å². The molecular formula is C26H25N. The number of rotatable bonds is 2. The summed E-state index contributed by atoms with van der Waals surface area (Å²) in [6, 6.07) is 15.7. The van der Waals surface area contributed by atoms with Crippen LogP contribution in [0.5, 0.6) is 0 Å². The number of benzene rings is 2. The Labute approximate surface area is 161 Å². The Morgan fingerprint density at radius 3 is 2.41 bits per heavy atom. The predicted octanol–water partition coefficient (Wildman–Crippen LogP) is 6.76. The van der Waals surface area contributed by atoms with Crippen LogP contribution in [0.1, 0.15) is 48.9 Å². The molecule has 1 aromatic heterocycles. The van der Waals surface area contributed by atoms with E-state index in [1.807, 2.05) is 6.20 Å². The second-order valence-electron chi connectivity index (χ2n) is 8.70. The van der Waals surface area contributed by atoms with Crippen molar-refractivity contribution < 1.29 is 0 Å². The van der Waals surface area contributed by atoms with Gasteiger partial charge in [0.05, 0.1) is 0 Å². The second kappa shape index (κ2) is 5.85. The quantitative estimate of drug-likeness (QED) is 0.410. The highest BCUT2D eigenvalue weighted by Crippen LogP contribution is 2.49. The van der Waals surface area contributed by atoms with Gasteiger partial charge in [-0.05, 0) is 63.4 Å². The summed E-state index contributed by atoms with van der Waals surface area (Å²) in [5.41, 5.74) is 11.3. The monoisotopic (exact) mass is 351 g/mol. The summed E-state index contributed by atoms with van der Waals surface area (Å²) in [7, 11) is 0. The molecule has 0 radical (unpaired) electrons. The lowest BCUT2D eigenvalue weighted by Gasteiger charge is -2.29. The molecule has 0 spiro atoms. The first-order valence-corrected chi connectivity index (χ1v) is 9.81. The van der Waals surface area contributed by atoms with Crippen molar-refractivity contribution in [3.05, 3.63) is 95.2 Å². The number of hydrogen-bond donors (Lipinski definition) is 1. The zero-order valence-corrected chi connectivity index (χ0v) is 16.2. The molecule has 0 aliphatic heterocycles. The van der Waals surface area contributed by atoms with E-state index in [0.717, 1.165) is 6.42 Å². The third-order valence-corrected chi connectivity index (χ3v) is 5.91. The maximum Gasteiger partial charge on any atom is 0.0460 e. The maximum atomic E-state index is 3.50. The first kappa shape index (κ1) is 16.4. The Kier molecular flexibility index (Phi) is 3.55. The zero-order valence-electron chi connectivity index (χ0n) is 16.2. The van der Waals surface area contributed by atoms with Gasteiger partial charge in [0, 0.05) is 23.4 Å². The van der Waals surface area contributed by atoms with Gasteiger partial charge in [0.2, 0.25) is 0 Å². The molecule has 2 aromatic carbocycles. The molecule has 1 N–H and O–H groups in total. The van der Waals surface area contributed by atoms with E-state index in [1.165, 1.54) is 44.6 Å². The Morgan fingerprint density at radius 2 is 1.70 bits per heavy atom. The third-order valence-electron chi connectivity index (χ3n) is 5.91. The number of aromatic amines is 1. The van der Waals surface area contributed by atoms with Crippen molar-refractivity contribution in [1.82, 2.24) is 4.98 Å². The van der Waals surface area contributed by atoms with Gasteiger partial charge in [0.15, 0.2) is 0 Å². The van der Waals surface area contributed by atoms with E-state index in [0.29, 0.717) is 5.92 Å². The van der Waals surface area contributed by atoms with Crippen LogP contribution < -0.4 is 0 Å². The lowest BCUT2D eigenvalue weighted by molar-refractivity contribution is 0.583. The number of aromatic nitrogens is 1. The Hall–Kier alpha value is -2.80. The molecule has 2 aliphatic rings. The molecule has 0 saturated carbocycles. The highest BCUT2D eigenvalue weighted by atomic mass is 14.7. The average Bonchev–Trinajstić information content (AvgIpc) is 3.39. The first-order chi connectivity index (χ1) is 13.0. The summed E-state index contributed by atoms with van der Waals surface area (Å²) in [5, 5.41) is 0. The minimum atomic E-state index is 0.0769. The third kappa shape index (κ3) is 2.53. The molecule has 1 heterocycles. The molecule has 0 unspecified atom stereocenters. The molecule has 0 amide bonds. The van der Waals surface area contributed by atoms with Crippen LogP contribution in [0.2, 0.25) is 0 Å². The summed E-state index contributed by atoms with van der Waals surface area (Å²) in [5.74, 6) is 0.339. The van der Waals surface area contributed by atoms with Gasteiger partial charge in [0.25, 0.3) is 0 Å². The van der Waals surface area contributed by atoms with E-state index in [-0.39, 0.29) is 5.41 Å². The van der Waals surface area contributed by atoms with E-state index in [4.69, 9.17) is 0 Å². The number of allylic oxidation sites excluding steroid dienone is 4. The summed E-state index contributed by atoms with van der Waals surface area (Å²) in [6.07, 6.45) is 12.1. The molecule has 1 heteroatoms. The van der Waals surface area contributed by atoms with Crippen molar-refractivity contribution in [3.8, 4) is 22.4 Å². The lowest BCUT2D eigenvalue weighted by Crippen LogP contribution is -2.17. The highest BCUT2D eigenvalue weighted by molar-refractivity contribution is 5.87. The smallest absolute Gasteiger partial charge is 0.0460 e. The van der Waals surface area contributed by atoms with Crippen molar-refractivity contribution >= 4 is 0 Å². The van der Waals surface area contributed by atoms with Gasteiger partial charge in [0.1, 0.15) is 0 Å². The zero-order chi connectivity index (χ0) is 18.6. The highest BCUT2D eigenvalue weighted by Gasteiger charge is 2.32. The van der Waals surface area contributed by atoms with Crippen LogP contribution in [0.25, 0.3) is 22.4 Å². The minimum Gasteiger partial charge on any atom is -0.361 e. The fourth-order valence-electron chi connectivity index (χ4n) is 4.68. The summed E-state index contributed by atoms with van der Waals surface area (Å²) in [4.78, 5) is 3.50. The Morgan fingerprint density at radius 1 is 0.926 bits per heavy atom. The van der Waals surface area contributed by atoms with Gasteiger partial charge in [-0.2, -0.15) is 0 Å². The van der Waals surface area contributed by atoms with Crippen molar-refractivity contribution in [2.45, 2.75) is 38.5 Å². The molecular weight excluding hydrogens is 326 g/mol. The molecule has 0 saturated heterocycles. The largest absolute Gasteiger partial charge is 0.361 e. The normalized spacial score (nSPS) is 15.4. The SMILES string of the molecule is CC(C)(C)c1cc2c(c(-c3ccc[nH]3)c1C1C=CC=C1)Cc1ccccc1-2. The molecule has 27 heavy (non-hydrogen) atoms. The first-order valence-electron chi connectivity index (χ1n) is 9.81. The van der Waals surface area contributed by atoms with Crippen molar-refractivity contribution in [2.75, 3.05) is 0 Å². The predicted molar refractivity (Wildman–Crippen MR) is 114 cm³/mol. The van der Waals surface area contributed by atoms with Crippen LogP contribution in [-0.2, 0) is 11.8 Å². The molecule has 5 rings (SSSR count). The standard InChI is InChI=1S/C26H25N/c1-26(2,3)22-16-20-19-12-7-6-11-18(19)15-21(20)25(23-13-8-14-27-23)24(22)17-9-4-5-10-17/h4-14,16-17,27H,15H2,1-3H3. The van der Waals surface area contributed by atoms with Crippen molar-refractivity contribution in [1.29, 1.82) is 0 Å². The van der Waals surface area contributed by atoms with Gasteiger partial charge in [-0.3, -0.25) is 0 Å². The van der Waals surface area contributed by atoms with Gasteiger partial charge in [-0.1, -0.05) is 69.3 Å². The molecule has 1 nitrogen and oxygen atoms in total. The van der Waals surface area contributed by atoms with Crippen LogP contribution in [-0.4, -0.2) is 4.98 Å². The molecule has 0 fully saturated rings. The van der Waals surface area contributed by atoms with E-state index >= 15 is 0 Å².